The van der Waals surface area contributed by atoms with Gasteiger partial charge in [0.2, 0.25) is 0 Å². The lowest BCUT2D eigenvalue weighted by Gasteiger charge is -2.18. The summed E-state index contributed by atoms with van der Waals surface area (Å²) >= 11 is 22.4. The van der Waals surface area contributed by atoms with Crippen LogP contribution in [0.5, 0.6) is 0 Å². The minimum absolute atomic E-state index is 0.255. The van der Waals surface area contributed by atoms with Crippen LogP contribution >= 0.6 is 50.7 Å². The van der Waals surface area contributed by atoms with Crippen molar-refractivity contribution in [3.05, 3.63) is 74.0 Å². The van der Waals surface area contributed by atoms with Crippen molar-refractivity contribution in [2.75, 3.05) is 0 Å². The minimum Gasteiger partial charge on any atom is -0.227 e. The van der Waals surface area contributed by atoms with Gasteiger partial charge >= 0.3 is 0 Å². The molecule has 0 atom stereocenters. The lowest BCUT2D eigenvalue weighted by Crippen LogP contribution is -2.16. The van der Waals surface area contributed by atoms with Gasteiger partial charge in [0, 0.05) is 31.1 Å². The van der Waals surface area contributed by atoms with Gasteiger partial charge in [-0.25, -0.2) is 15.0 Å². The lowest BCUT2D eigenvalue weighted by atomic mass is 9.95. The Kier molecular flexibility index (Phi) is 5.80. The number of halogens is 4. The van der Waals surface area contributed by atoms with Crippen LogP contribution in [-0.2, 0) is 5.41 Å². The summed E-state index contributed by atoms with van der Waals surface area (Å²) in [5.41, 5.74) is 3.82. The number of benzene rings is 2. The molecule has 0 aliphatic heterocycles. The van der Waals surface area contributed by atoms with E-state index < -0.39 is 0 Å². The summed E-state index contributed by atoms with van der Waals surface area (Å²) in [4.78, 5) is 14.2. The fraction of sp³-hybridized carbons (Fsp3) is 0.174. The number of fused-ring (bicyclic) bond motifs is 1. The van der Waals surface area contributed by atoms with E-state index >= 15 is 0 Å². The van der Waals surface area contributed by atoms with Crippen LogP contribution in [0.25, 0.3) is 33.4 Å². The van der Waals surface area contributed by atoms with Gasteiger partial charge in [0.15, 0.2) is 5.65 Å². The maximum Gasteiger partial charge on any atom is 0.165 e. The predicted molar refractivity (Wildman–Crippen MR) is 130 cm³/mol. The molecule has 7 heteroatoms. The lowest BCUT2D eigenvalue weighted by molar-refractivity contribution is 0.548. The van der Waals surface area contributed by atoms with E-state index in [9.17, 15) is 0 Å². The fourth-order valence-corrected chi connectivity index (χ4v) is 4.31. The summed E-state index contributed by atoms with van der Waals surface area (Å²) in [6, 6.07) is 15.2. The van der Waals surface area contributed by atoms with E-state index in [1.807, 2.05) is 69.3 Å². The average Bonchev–Trinajstić information content (AvgIpc) is 2.67. The molecule has 30 heavy (non-hydrogen) atoms. The number of rotatable bonds is 2. The highest BCUT2D eigenvalue weighted by Crippen LogP contribution is 2.39. The summed E-state index contributed by atoms with van der Waals surface area (Å²) in [6.07, 6.45) is 0. The molecular weight excluding hydrogens is 505 g/mol. The van der Waals surface area contributed by atoms with Gasteiger partial charge in [-0.1, -0.05) is 89.7 Å². The molecule has 0 aliphatic carbocycles. The van der Waals surface area contributed by atoms with E-state index in [1.165, 1.54) is 0 Å². The molecule has 0 aliphatic rings. The summed E-state index contributed by atoms with van der Waals surface area (Å²) < 4.78 is 0.841. The minimum atomic E-state index is -0.255. The molecule has 2 aromatic heterocycles. The van der Waals surface area contributed by atoms with Crippen molar-refractivity contribution >= 4 is 61.8 Å². The molecule has 2 heterocycles. The third-order valence-electron chi connectivity index (χ3n) is 4.65. The Morgan fingerprint density at radius 1 is 0.767 bits per heavy atom. The Morgan fingerprint density at radius 3 is 2.07 bits per heavy atom. The van der Waals surface area contributed by atoms with E-state index in [1.54, 1.807) is 0 Å². The molecule has 0 saturated carbocycles. The molecule has 0 spiro atoms. The Hall–Kier alpha value is -1.72. The van der Waals surface area contributed by atoms with Crippen molar-refractivity contribution in [3.63, 3.8) is 0 Å². The fourth-order valence-electron chi connectivity index (χ4n) is 3.09. The quantitative estimate of drug-likeness (QED) is 0.249. The topological polar surface area (TPSA) is 38.7 Å². The Bertz CT molecular complexity index is 1270. The zero-order chi connectivity index (χ0) is 21.6. The van der Waals surface area contributed by atoms with Crippen molar-refractivity contribution in [2.45, 2.75) is 26.2 Å². The van der Waals surface area contributed by atoms with E-state index in [0.29, 0.717) is 32.1 Å². The molecule has 0 saturated heterocycles. The molecular formula is C23H17BrCl3N3. The van der Waals surface area contributed by atoms with Crippen LogP contribution in [0.15, 0.2) is 53.0 Å². The van der Waals surface area contributed by atoms with Gasteiger partial charge in [-0.2, -0.15) is 0 Å². The molecule has 0 fully saturated rings. The molecule has 3 nitrogen and oxygen atoms in total. The predicted octanol–water partition coefficient (Wildman–Crippen LogP) is 8.38. The van der Waals surface area contributed by atoms with E-state index in [2.05, 4.69) is 20.9 Å². The van der Waals surface area contributed by atoms with Crippen molar-refractivity contribution in [2.24, 2.45) is 0 Å². The second-order valence-electron chi connectivity index (χ2n) is 7.97. The normalized spacial score (nSPS) is 11.8. The van der Waals surface area contributed by atoms with Crippen LogP contribution in [-0.4, -0.2) is 15.0 Å². The number of pyridine rings is 1. The van der Waals surface area contributed by atoms with Crippen LogP contribution in [0.4, 0.5) is 0 Å². The first-order chi connectivity index (χ1) is 14.1. The van der Waals surface area contributed by atoms with E-state index in [4.69, 9.17) is 44.8 Å². The number of hydrogen-bond donors (Lipinski definition) is 0. The third kappa shape index (κ3) is 4.19. The Morgan fingerprint density at radius 2 is 1.43 bits per heavy atom. The number of nitrogens with zero attached hydrogens (tertiary/aromatic N) is 3. The van der Waals surface area contributed by atoms with E-state index in [0.717, 1.165) is 26.9 Å². The van der Waals surface area contributed by atoms with Gasteiger partial charge in [-0.3, -0.25) is 0 Å². The first-order valence-electron chi connectivity index (χ1n) is 9.23. The van der Waals surface area contributed by atoms with Gasteiger partial charge in [0.1, 0.15) is 11.0 Å². The smallest absolute Gasteiger partial charge is 0.165 e. The maximum absolute atomic E-state index is 6.56. The number of hydrogen-bond acceptors (Lipinski definition) is 3. The molecule has 2 aromatic carbocycles. The molecule has 0 amide bonds. The summed E-state index contributed by atoms with van der Waals surface area (Å²) in [6.45, 7) is 6.13. The summed E-state index contributed by atoms with van der Waals surface area (Å²) in [7, 11) is 0. The number of aromatic nitrogens is 3. The van der Waals surface area contributed by atoms with Crippen molar-refractivity contribution in [3.8, 4) is 22.4 Å². The van der Waals surface area contributed by atoms with Gasteiger partial charge in [0.25, 0.3) is 0 Å². The molecule has 0 bridgehead atoms. The highest BCUT2D eigenvalue weighted by Gasteiger charge is 2.22. The zero-order valence-electron chi connectivity index (χ0n) is 16.5. The van der Waals surface area contributed by atoms with Crippen LogP contribution in [0.1, 0.15) is 26.6 Å². The first-order valence-corrected chi connectivity index (χ1v) is 11.2. The molecule has 4 rings (SSSR count). The zero-order valence-corrected chi connectivity index (χ0v) is 20.3. The van der Waals surface area contributed by atoms with Gasteiger partial charge < -0.3 is 0 Å². The van der Waals surface area contributed by atoms with Crippen LogP contribution in [0.2, 0.25) is 15.2 Å². The summed E-state index contributed by atoms with van der Waals surface area (Å²) in [5, 5.41) is 2.38. The highest BCUT2D eigenvalue weighted by atomic mass is 79.9. The molecule has 4 aromatic rings. The Balaban J connectivity index is 2.07. The molecule has 152 valence electrons. The Labute approximate surface area is 198 Å². The van der Waals surface area contributed by atoms with Gasteiger partial charge in [-0.15, -0.1) is 0 Å². The summed E-state index contributed by atoms with van der Waals surface area (Å²) in [5.74, 6) is 0.646. The highest BCUT2D eigenvalue weighted by molar-refractivity contribution is 9.10. The molecule has 0 N–H and O–H groups in total. The second kappa shape index (κ2) is 8.08. The maximum atomic E-state index is 6.56. The largest absolute Gasteiger partial charge is 0.227 e. The van der Waals surface area contributed by atoms with E-state index in [-0.39, 0.29) is 5.41 Å². The average molecular weight is 522 g/mol. The van der Waals surface area contributed by atoms with Crippen LogP contribution in [0, 0.1) is 0 Å². The standard InChI is InChI=1S/C23H17BrCl3N3/c1-23(2,3)22-29-20(27)17-11-16(12-4-6-13(25)7-5-12)19(28-21(17)30-22)15-9-8-14(26)10-18(15)24/h4-11H,1-3H3. The van der Waals surface area contributed by atoms with Gasteiger partial charge in [-0.05, 0) is 35.9 Å². The van der Waals surface area contributed by atoms with Crippen molar-refractivity contribution in [1.29, 1.82) is 0 Å². The third-order valence-corrected chi connectivity index (χ3v) is 6.08. The SMILES string of the molecule is CC(C)(C)c1nc(Cl)c2cc(-c3ccc(Cl)cc3)c(-c3ccc(Cl)cc3Br)nc2n1. The molecule has 0 radical (unpaired) electrons. The first kappa shape index (κ1) is 21.5. The molecule has 0 unspecified atom stereocenters. The van der Waals surface area contributed by atoms with Crippen LogP contribution in [0.3, 0.4) is 0 Å². The van der Waals surface area contributed by atoms with Crippen molar-refractivity contribution < 1.29 is 0 Å². The van der Waals surface area contributed by atoms with Crippen LogP contribution < -0.4 is 0 Å². The van der Waals surface area contributed by atoms with Crippen molar-refractivity contribution in [1.82, 2.24) is 15.0 Å². The second-order valence-corrected chi connectivity index (χ2v) is 10.1. The monoisotopic (exact) mass is 519 g/mol. The van der Waals surface area contributed by atoms with Gasteiger partial charge in [0.05, 0.1) is 11.1 Å².